The molecule has 16 heavy (non-hydrogen) atoms. The van der Waals surface area contributed by atoms with E-state index in [4.69, 9.17) is 0 Å². The fraction of sp³-hybridized carbons (Fsp3) is 0. The number of fused-ring (bicyclic) bond motifs is 1. The van der Waals surface area contributed by atoms with Gasteiger partial charge in [-0.05, 0) is 29.8 Å². The first-order valence-electron chi connectivity index (χ1n) is 5.25. The van der Waals surface area contributed by atoms with Crippen molar-refractivity contribution in [1.29, 1.82) is 0 Å². The summed E-state index contributed by atoms with van der Waals surface area (Å²) in [5, 5.41) is 1.17. The summed E-state index contributed by atoms with van der Waals surface area (Å²) in [7, 11) is 0. The molecule has 1 nitrogen and oxygen atoms in total. The monoisotopic (exact) mass is 204 g/mol. The van der Waals surface area contributed by atoms with Crippen LogP contribution in [0.25, 0.3) is 22.0 Å². The minimum Gasteiger partial charge on any atom is -0.256 e. The van der Waals surface area contributed by atoms with Crippen LogP contribution in [0.4, 0.5) is 0 Å². The topological polar surface area (TPSA) is 12.9 Å². The number of nitrogens with zero attached hydrogens (tertiary/aromatic N) is 1. The highest BCUT2D eigenvalue weighted by molar-refractivity contribution is 5.83. The summed E-state index contributed by atoms with van der Waals surface area (Å²) in [5.74, 6) is 0. The number of hydrogen-bond acceptors (Lipinski definition) is 1. The van der Waals surface area contributed by atoms with Crippen molar-refractivity contribution < 1.29 is 0 Å². The first-order valence-corrected chi connectivity index (χ1v) is 5.25. The van der Waals surface area contributed by atoms with E-state index in [1.54, 1.807) is 0 Å². The van der Waals surface area contributed by atoms with Crippen molar-refractivity contribution >= 4 is 10.9 Å². The molecular formula is C15H10N. The Hall–Kier alpha value is -2.15. The van der Waals surface area contributed by atoms with E-state index in [0.29, 0.717) is 0 Å². The molecule has 0 fully saturated rings. The van der Waals surface area contributed by atoms with Crippen LogP contribution in [0.15, 0.2) is 60.8 Å². The fourth-order valence-electron chi connectivity index (χ4n) is 1.80. The van der Waals surface area contributed by atoms with Crippen LogP contribution in [-0.4, -0.2) is 4.98 Å². The van der Waals surface area contributed by atoms with E-state index in [9.17, 15) is 0 Å². The van der Waals surface area contributed by atoms with E-state index in [1.165, 1.54) is 5.39 Å². The molecule has 0 bridgehead atoms. The zero-order chi connectivity index (χ0) is 10.8. The molecule has 1 heterocycles. The Kier molecular flexibility index (Phi) is 2.15. The number of rotatable bonds is 1. The van der Waals surface area contributed by atoms with Gasteiger partial charge in [0.1, 0.15) is 0 Å². The van der Waals surface area contributed by atoms with Gasteiger partial charge in [0.25, 0.3) is 0 Å². The minimum absolute atomic E-state index is 1.03. The molecule has 0 N–H and O–H groups in total. The molecule has 0 aliphatic heterocycles. The molecule has 2 aromatic carbocycles. The van der Waals surface area contributed by atoms with E-state index < -0.39 is 0 Å². The quantitative estimate of drug-likeness (QED) is 0.589. The second-order valence-corrected chi connectivity index (χ2v) is 3.71. The average Bonchev–Trinajstić information content (AvgIpc) is 2.39. The number of pyridine rings is 1. The van der Waals surface area contributed by atoms with Gasteiger partial charge in [-0.2, -0.15) is 0 Å². The number of benzene rings is 2. The normalized spacial score (nSPS) is 10.5. The van der Waals surface area contributed by atoms with Gasteiger partial charge in [-0.25, -0.2) is 0 Å². The highest BCUT2D eigenvalue weighted by atomic mass is 14.6. The highest BCUT2D eigenvalue weighted by Gasteiger charge is 1.99. The molecule has 0 atom stereocenters. The third kappa shape index (κ3) is 1.57. The predicted octanol–water partition coefficient (Wildman–Crippen LogP) is 3.70. The summed E-state index contributed by atoms with van der Waals surface area (Å²) in [6, 6.07) is 21.3. The van der Waals surface area contributed by atoms with Crippen molar-refractivity contribution in [3.05, 3.63) is 66.9 Å². The van der Waals surface area contributed by atoms with E-state index >= 15 is 0 Å². The summed E-state index contributed by atoms with van der Waals surface area (Å²) < 4.78 is 0. The molecule has 0 unspecified atom stereocenters. The molecule has 0 aliphatic rings. The fourth-order valence-corrected chi connectivity index (χ4v) is 1.80. The van der Waals surface area contributed by atoms with Crippen LogP contribution in [0.3, 0.4) is 0 Å². The SMILES string of the molecule is [c]1cccc(-c2cnc3ccccc3c2)c1. The van der Waals surface area contributed by atoms with Crippen LogP contribution in [-0.2, 0) is 0 Å². The Morgan fingerprint density at radius 2 is 1.88 bits per heavy atom. The van der Waals surface area contributed by atoms with E-state index in [1.807, 2.05) is 42.6 Å². The van der Waals surface area contributed by atoms with Crippen LogP contribution in [0, 0.1) is 6.07 Å². The smallest absolute Gasteiger partial charge is 0.0702 e. The van der Waals surface area contributed by atoms with Crippen LogP contribution in [0.2, 0.25) is 0 Å². The van der Waals surface area contributed by atoms with Gasteiger partial charge in [-0.1, -0.05) is 36.4 Å². The molecule has 75 valence electrons. The van der Waals surface area contributed by atoms with Crippen molar-refractivity contribution in [2.45, 2.75) is 0 Å². The standard InChI is InChI=1S/C15H10N/c1-2-6-12(7-3-1)14-10-13-8-4-5-9-15(13)16-11-14/h1-2,4-11H. The molecule has 1 heteroatoms. The second-order valence-electron chi connectivity index (χ2n) is 3.71. The lowest BCUT2D eigenvalue weighted by Crippen LogP contribution is -1.82. The van der Waals surface area contributed by atoms with Crippen molar-refractivity contribution in [2.75, 3.05) is 0 Å². The third-order valence-corrected chi connectivity index (χ3v) is 2.63. The Labute approximate surface area is 94.4 Å². The van der Waals surface area contributed by atoms with Crippen LogP contribution in [0.5, 0.6) is 0 Å². The maximum absolute atomic E-state index is 4.44. The van der Waals surface area contributed by atoms with Gasteiger partial charge in [0.15, 0.2) is 0 Å². The average molecular weight is 204 g/mol. The van der Waals surface area contributed by atoms with Crippen LogP contribution in [0.1, 0.15) is 0 Å². The van der Waals surface area contributed by atoms with Gasteiger partial charge in [0, 0.05) is 17.1 Å². The molecule has 0 spiro atoms. The van der Waals surface area contributed by atoms with Gasteiger partial charge >= 0.3 is 0 Å². The zero-order valence-corrected chi connectivity index (χ0v) is 8.72. The Morgan fingerprint density at radius 1 is 0.938 bits per heavy atom. The lowest BCUT2D eigenvalue weighted by molar-refractivity contribution is 1.41. The summed E-state index contributed by atoms with van der Waals surface area (Å²) >= 11 is 0. The summed E-state index contributed by atoms with van der Waals surface area (Å²) in [4.78, 5) is 4.44. The molecule has 3 rings (SSSR count). The maximum atomic E-state index is 4.44. The molecule has 0 saturated carbocycles. The number of aromatic nitrogens is 1. The van der Waals surface area contributed by atoms with E-state index in [-0.39, 0.29) is 0 Å². The van der Waals surface area contributed by atoms with Gasteiger partial charge in [-0.3, -0.25) is 4.98 Å². The zero-order valence-electron chi connectivity index (χ0n) is 8.72. The lowest BCUT2D eigenvalue weighted by Gasteiger charge is -2.02. The van der Waals surface area contributed by atoms with E-state index in [2.05, 4.69) is 29.2 Å². The molecule has 0 saturated heterocycles. The van der Waals surface area contributed by atoms with Crippen molar-refractivity contribution in [1.82, 2.24) is 4.98 Å². The van der Waals surface area contributed by atoms with Gasteiger partial charge in [0.05, 0.1) is 5.52 Å². The predicted molar refractivity (Wildman–Crippen MR) is 66.0 cm³/mol. The highest BCUT2D eigenvalue weighted by Crippen LogP contribution is 2.21. The van der Waals surface area contributed by atoms with Crippen LogP contribution < -0.4 is 0 Å². The maximum Gasteiger partial charge on any atom is 0.0702 e. The summed E-state index contributed by atoms with van der Waals surface area (Å²) in [5.41, 5.74) is 3.32. The summed E-state index contributed by atoms with van der Waals surface area (Å²) in [6.45, 7) is 0. The summed E-state index contributed by atoms with van der Waals surface area (Å²) in [6.07, 6.45) is 1.91. The first kappa shape index (κ1) is 9.10. The number of para-hydroxylation sites is 1. The third-order valence-electron chi connectivity index (χ3n) is 2.63. The molecule has 1 aromatic heterocycles. The Balaban J connectivity index is 2.19. The largest absolute Gasteiger partial charge is 0.256 e. The molecule has 3 aromatic rings. The van der Waals surface area contributed by atoms with Gasteiger partial charge in [0.2, 0.25) is 0 Å². The first-order chi connectivity index (χ1) is 7.93. The van der Waals surface area contributed by atoms with Crippen molar-refractivity contribution in [2.24, 2.45) is 0 Å². The van der Waals surface area contributed by atoms with Crippen molar-refractivity contribution in [3.8, 4) is 11.1 Å². The molecular weight excluding hydrogens is 194 g/mol. The lowest BCUT2D eigenvalue weighted by atomic mass is 10.1. The second kappa shape index (κ2) is 3.78. The molecule has 0 aliphatic carbocycles. The van der Waals surface area contributed by atoms with Gasteiger partial charge < -0.3 is 0 Å². The minimum atomic E-state index is 1.03. The molecule has 1 radical (unpaired) electrons. The molecule has 0 amide bonds. The Bertz CT molecular complexity index is 614. The van der Waals surface area contributed by atoms with Crippen molar-refractivity contribution in [3.63, 3.8) is 0 Å². The number of hydrogen-bond donors (Lipinski definition) is 0. The van der Waals surface area contributed by atoms with E-state index in [0.717, 1.165) is 16.6 Å². The van der Waals surface area contributed by atoms with Crippen LogP contribution >= 0.6 is 0 Å². The van der Waals surface area contributed by atoms with Gasteiger partial charge in [-0.15, -0.1) is 0 Å². The Morgan fingerprint density at radius 3 is 2.75 bits per heavy atom.